The molecule has 48 valence electrons. The first-order chi connectivity index (χ1) is 4.34. The van der Waals surface area contributed by atoms with Crippen LogP contribution in [0.2, 0.25) is 0 Å². The minimum atomic E-state index is 0.113. The fourth-order valence-electron chi connectivity index (χ4n) is 0.683. The van der Waals surface area contributed by atoms with E-state index in [2.05, 4.69) is 6.58 Å². The highest BCUT2D eigenvalue weighted by atomic mass is 16.5. The maximum Gasteiger partial charge on any atom is 0.146 e. The van der Waals surface area contributed by atoms with E-state index in [0.717, 1.165) is 6.29 Å². The van der Waals surface area contributed by atoms with Crippen LogP contribution in [-0.4, -0.2) is 12.9 Å². The normalized spacial score (nSPS) is 23.3. The second-order valence-corrected chi connectivity index (χ2v) is 1.96. The molecule has 0 aromatic carbocycles. The van der Waals surface area contributed by atoms with Gasteiger partial charge in [-0.1, -0.05) is 6.58 Å². The van der Waals surface area contributed by atoms with Gasteiger partial charge >= 0.3 is 0 Å². The second kappa shape index (κ2) is 2.49. The van der Waals surface area contributed by atoms with E-state index in [1.54, 1.807) is 6.26 Å². The Kier molecular flexibility index (Phi) is 1.68. The number of rotatable bonds is 2. The topological polar surface area (TPSA) is 26.3 Å². The summed E-state index contributed by atoms with van der Waals surface area (Å²) in [7, 11) is 0. The van der Waals surface area contributed by atoms with Crippen molar-refractivity contribution in [3.05, 3.63) is 24.5 Å². The van der Waals surface area contributed by atoms with Crippen LogP contribution in [0, 0.1) is 5.92 Å². The van der Waals surface area contributed by atoms with Gasteiger partial charge in [0.1, 0.15) is 6.29 Å². The highest BCUT2D eigenvalue weighted by molar-refractivity contribution is 5.73. The largest absolute Gasteiger partial charge is 0.501 e. The Balaban J connectivity index is 2.52. The molecule has 1 unspecified atom stereocenters. The highest BCUT2D eigenvalue weighted by Crippen LogP contribution is 2.14. The molecule has 1 heterocycles. The standard InChI is InChI=1S/C7H8O2/c1-6(4-8)7-2-3-9-5-7/h2-4,7H,1,5H2. The molecule has 9 heavy (non-hydrogen) atoms. The van der Waals surface area contributed by atoms with E-state index >= 15 is 0 Å². The van der Waals surface area contributed by atoms with Gasteiger partial charge in [0.2, 0.25) is 0 Å². The van der Waals surface area contributed by atoms with Crippen LogP contribution < -0.4 is 0 Å². The first-order valence-electron chi connectivity index (χ1n) is 2.77. The molecule has 1 aliphatic rings. The predicted molar refractivity (Wildman–Crippen MR) is 33.8 cm³/mol. The number of carbonyl (C=O) groups excluding carboxylic acids is 1. The minimum Gasteiger partial charge on any atom is -0.501 e. The molecule has 1 atom stereocenters. The Morgan fingerprint density at radius 3 is 3.11 bits per heavy atom. The van der Waals surface area contributed by atoms with Crippen molar-refractivity contribution < 1.29 is 9.53 Å². The van der Waals surface area contributed by atoms with E-state index < -0.39 is 0 Å². The van der Waals surface area contributed by atoms with Crippen molar-refractivity contribution in [3.63, 3.8) is 0 Å². The summed E-state index contributed by atoms with van der Waals surface area (Å²) in [4.78, 5) is 10.1. The van der Waals surface area contributed by atoms with Gasteiger partial charge in [0.25, 0.3) is 0 Å². The summed E-state index contributed by atoms with van der Waals surface area (Å²) in [6.07, 6.45) is 4.19. The van der Waals surface area contributed by atoms with Crippen molar-refractivity contribution in [2.24, 2.45) is 5.92 Å². The molecule has 0 fully saturated rings. The molecule has 0 saturated carbocycles. The average Bonchev–Trinajstić information content (AvgIpc) is 2.37. The summed E-state index contributed by atoms with van der Waals surface area (Å²) >= 11 is 0. The molecule has 0 saturated heterocycles. The van der Waals surface area contributed by atoms with Crippen LogP contribution in [0.15, 0.2) is 24.5 Å². The summed E-state index contributed by atoms with van der Waals surface area (Å²) in [6, 6.07) is 0. The van der Waals surface area contributed by atoms with Gasteiger partial charge < -0.3 is 4.74 Å². The van der Waals surface area contributed by atoms with Gasteiger partial charge in [-0.05, 0) is 11.6 Å². The molecule has 2 heteroatoms. The van der Waals surface area contributed by atoms with Crippen LogP contribution in [0.25, 0.3) is 0 Å². The zero-order valence-corrected chi connectivity index (χ0v) is 5.04. The molecule has 0 aromatic rings. The number of hydrogen-bond donors (Lipinski definition) is 0. The zero-order chi connectivity index (χ0) is 6.69. The molecule has 2 nitrogen and oxygen atoms in total. The summed E-state index contributed by atoms with van der Waals surface area (Å²) in [6.45, 7) is 4.12. The van der Waals surface area contributed by atoms with Crippen molar-refractivity contribution in [1.29, 1.82) is 0 Å². The van der Waals surface area contributed by atoms with Crippen LogP contribution in [0.3, 0.4) is 0 Å². The van der Waals surface area contributed by atoms with E-state index in [9.17, 15) is 4.79 Å². The molecular formula is C7H8O2. The molecule has 1 aliphatic heterocycles. The van der Waals surface area contributed by atoms with E-state index in [1.165, 1.54) is 0 Å². The fraction of sp³-hybridized carbons (Fsp3) is 0.286. The lowest BCUT2D eigenvalue weighted by molar-refractivity contribution is -0.105. The summed E-state index contributed by atoms with van der Waals surface area (Å²) in [5, 5.41) is 0. The van der Waals surface area contributed by atoms with Gasteiger partial charge in [-0.15, -0.1) is 0 Å². The molecule has 0 N–H and O–H groups in total. The van der Waals surface area contributed by atoms with Crippen LogP contribution in [0.5, 0.6) is 0 Å². The van der Waals surface area contributed by atoms with Crippen LogP contribution >= 0.6 is 0 Å². The van der Waals surface area contributed by atoms with Gasteiger partial charge in [0.15, 0.2) is 0 Å². The second-order valence-electron chi connectivity index (χ2n) is 1.96. The molecule has 0 amide bonds. The average molecular weight is 124 g/mol. The Morgan fingerprint density at radius 1 is 1.89 bits per heavy atom. The monoisotopic (exact) mass is 124 g/mol. The predicted octanol–water partition coefficient (Wildman–Crippen LogP) is 0.902. The van der Waals surface area contributed by atoms with Crippen LogP contribution in [0.1, 0.15) is 0 Å². The van der Waals surface area contributed by atoms with Gasteiger partial charge in [-0.25, -0.2) is 0 Å². The van der Waals surface area contributed by atoms with Crippen molar-refractivity contribution >= 4 is 6.29 Å². The van der Waals surface area contributed by atoms with Crippen molar-refractivity contribution in [2.75, 3.05) is 6.61 Å². The number of carbonyl (C=O) groups is 1. The molecule has 0 aromatic heterocycles. The summed E-state index contributed by atoms with van der Waals surface area (Å²) in [5.41, 5.74) is 0.587. The number of hydrogen-bond acceptors (Lipinski definition) is 2. The fourth-order valence-corrected chi connectivity index (χ4v) is 0.683. The lowest BCUT2D eigenvalue weighted by Gasteiger charge is -2.00. The lowest BCUT2D eigenvalue weighted by Crippen LogP contribution is -2.02. The molecule has 0 bridgehead atoms. The van der Waals surface area contributed by atoms with Crippen molar-refractivity contribution in [2.45, 2.75) is 0 Å². The summed E-state index contributed by atoms with van der Waals surface area (Å²) in [5.74, 6) is 0.113. The molecule has 0 radical (unpaired) electrons. The Hall–Kier alpha value is -1.05. The van der Waals surface area contributed by atoms with E-state index in [1.807, 2.05) is 6.08 Å². The smallest absolute Gasteiger partial charge is 0.146 e. The van der Waals surface area contributed by atoms with Crippen LogP contribution in [0.4, 0.5) is 0 Å². The van der Waals surface area contributed by atoms with Crippen molar-refractivity contribution in [1.82, 2.24) is 0 Å². The molecule has 0 spiro atoms. The van der Waals surface area contributed by atoms with Crippen LogP contribution in [-0.2, 0) is 9.53 Å². The Bertz CT molecular complexity index is 158. The minimum absolute atomic E-state index is 0.113. The van der Waals surface area contributed by atoms with Crippen molar-refractivity contribution in [3.8, 4) is 0 Å². The third-order valence-electron chi connectivity index (χ3n) is 1.31. The lowest BCUT2D eigenvalue weighted by atomic mass is 10.0. The third kappa shape index (κ3) is 1.19. The maximum atomic E-state index is 10.1. The number of ether oxygens (including phenoxy) is 1. The number of aldehydes is 1. The van der Waals surface area contributed by atoms with Gasteiger partial charge in [0, 0.05) is 5.92 Å². The Morgan fingerprint density at radius 2 is 2.67 bits per heavy atom. The Labute approximate surface area is 53.8 Å². The molecule has 0 aliphatic carbocycles. The van der Waals surface area contributed by atoms with E-state index in [-0.39, 0.29) is 5.92 Å². The van der Waals surface area contributed by atoms with Gasteiger partial charge in [-0.3, -0.25) is 4.79 Å². The summed E-state index contributed by atoms with van der Waals surface area (Å²) < 4.78 is 4.88. The molecular weight excluding hydrogens is 116 g/mol. The maximum absolute atomic E-state index is 10.1. The van der Waals surface area contributed by atoms with Gasteiger partial charge in [-0.2, -0.15) is 0 Å². The first kappa shape index (κ1) is 6.08. The SMILES string of the molecule is C=C(C=O)C1C=COC1. The highest BCUT2D eigenvalue weighted by Gasteiger charge is 2.12. The van der Waals surface area contributed by atoms with Gasteiger partial charge in [0.05, 0.1) is 12.9 Å². The van der Waals surface area contributed by atoms with E-state index in [0.29, 0.717) is 12.2 Å². The molecule has 1 rings (SSSR count). The quantitative estimate of drug-likeness (QED) is 0.404. The first-order valence-corrected chi connectivity index (χ1v) is 2.77. The van der Waals surface area contributed by atoms with E-state index in [4.69, 9.17) is 4.74 Å². The zero-order valence-electron chi connectivity index (χ0n) is 5.04. The third-order valence-corrected chi connectivity index (χ3v) is 1.31.